The van der Waals surface area contributed by atoms with Crippen LogP contribution in [0.3, 0.4) is 0 Å². The molecule has 1 heterocycles. The minimum Gasteiger partial charge on any atom is -0.481 e. The fraction of sp³-hybridized carbons (Fsp3) is 0.727. The molecule has 1 fully saturated rings. The molecule has 1 aliphatic heterocycles. The number of carboxylic acids is 1. The van der Waals surface area contributed by atoms with Gasteiger partial charge in [-0.05, 0) is 0 Å². The molecule has 1 unspecified atom stereocenters. The van der Waals surface area contributed by atoms with Crippen molar-refractivity contribution in [3.05, 3.63) is 0 Å². The topological polar surface area (TPSA) is 43.8 Å². The summed E-state index contributed by atoms with van der Waals surface area (Å²) in [5.41, 5.74) is 0. The van der Waals surface area contributed by atoms with Crippen molar-refractivity contribution in [2.75, 3.05) is 39.3 Å². The van der Waals surface area contributed by atoms with Gasteiger partial charge in [-0.25, -0.2) is 0 Å². The lowest BCUT2D eigenvalue weighted by atomic mass is 10.1. The van der Waals surface area contributed by atoms with Gasteiger partial charge in [0.1, 0.15) is 0 Å². The van der Waals surface area contributed by atoms with Crippen molar-refractivity contribution in [3.8, 4) is 12.3 Å². The lowest BCUT2D eigenvalue weighted by Crippen LogP contribution is -2.48. The Hall–Kier alpha value is -1.05. The van der Waals surface area contributed by atoms with Crippen molar-refractivity contribution < 1.29 is 9.90 Å². The fourth-order valence-electron chi connectivity index (χ4n) is 1.72. The van der Waals surface area contributed by atoms with Gasteiger partial charge in [0.05, 0.1) is 12.5 Å². The highest BCUT2D eigenvalue weighted by Gasteiger charge is 2.20. The summed E-state index contributed by atoms with van der Waals surface area (Å²) in [5, 5.41) is 8.79. The Morgan fingerprint density at radius 2 is 1.93 bits per heavy atom. The molecule has 0 aromatic heterocycles. The van der Waals surface area contributed by atoms with E-state index in [1.165, 1.54) is 0 Å². The number of carboxylic acid groups (broad SMARTS) is 1. The summed E-state index contributed by atoms with van der Waals surface area (Å²) in [6.45, 7) is 6.80. The van der Waals surface area contributed by atoms with E-state index in [9.17, 15) is 4.79 Å². The molecule has 1 atom stereocenters. The molecule has 0 aliphatic carbocycles. The highest BCUT2D eigenvalue weighted by molar-refractivity contribution is 5.69. The van der Waals surface area contributed by atoms with E-state index in [1.54, 1.807) is 6.92 Å². The maximum absolute atomic E-state index is 10.7. The van der Waals surface area contributed by atoms with Crippen LogP contribution in [-0.4, -0.2) is 60.1 Å². The zero-order valence-electron chi connectivity index (χ0n) is 9.15. The Bertz CT molecular complexity index is 252. The van der Waals surface area contributed by atoms with Crippen molar-refractivity contribution in [2.45, 2.75) is 6.92 Å². The van der Waals surface area contributed by atoms with Gasteiger partial charge in [-0.2, -0.15) is 0 Å². The molecule has 0 amide bonds. The van der Waals surface area contributed by atoms with Gasteiger partial charge in [-0.1, -0.05) is 12.8 Å². The Balaban J connectivity index is 2.26. The third-order valence-corrected chi connectivity index (χ3v) is 2.73. The van der Waals surface area contributed by atoms with Crippen LogP contribution in [0.15, 0.2) is 0 Å². The lowest BCUT2D eigenvalue weighted by molar-refractivity contribution is -0.141. The smallest absolute Gasteiger partial charge is 0.307 e. The van der Waals surface area contributed by atoms with Crippen LogP contribution in [0.4, 0.5) is 0 Å². The van der Waals surface area contributed by atoms with Gasteiger partial charge in [0.2, 0.25) is 0 Å². The van der Waals surface area contributed by atoms with Crippen molar-refractivity contribution in [1.29, 1.82) is 0 Å². The molecule has 1 aliphatic rings. The SMILES string of the molecule is C#CCN1CCN(CC(C)C(=O)O)CC1. The first-order valence-corrected chi connectivity index (χ1v) is 5.24. The maximum Gasteiger partial charge on any atom is 0.307 e. The number of carbonyl (C=O) groups is 1. The summed E-state index contributed by atoms with van der Waals surface area (Å²) >= 11 is 0. The van der Waals surface area contributed by atoms with Crippen molar-refractivity contribution in [2.24, 2.45) is 5.92 Å². The van der Waals surface area contributed by atoms with E-state index in [0.29, 0.717) is 13.1 Å². The standard InChI is InChI=1S/C11H18N2O2/c1-3-4-12-5-7-13(8-6-12)9-10(2)11(14)15/h1,10H,4-9H2,2H3,(H,14,15). The number of rotatable bonds is 4. The molecule has 0 spiro atoms. The second-order valence-corrected chi connectivity index (χ2v) is 4.02. The zero-order valence-corrected chi connectivity index (χ0v) is 9.15. The van der Waals surface area contributed by atoms with Gasteiger partial charge in [0.25, 0.3) is 0 Å². The number of nitrogens with zero attached hydrogens (tertiary/aromatic N) is 2. The molecule has 1 saturated heterocycles. The summed E-state index contributed by atoms with van der Waals surface area (Å²) in [6.07, 6.45) is 5.23. The van der Waals surface area contributed by atoms with Gasteiger partial charge in [0, 0.05) is 32.7 Å². The third-order valence-electron chi connectivity index (χ3n) is 2.73. The second kappa shape index (κ2) is 5.74. The van der Waals surface area contributed by atoms with E-state index in [1.807, 2.05) is 0 Å². The quantitative estimate of drug-likeness (QED) is 0.661. The summed E-state index contributed by atoms with van der Waals surface area (Å²) in [7, 11) is 0. The zero-order chi connectivity index (χ0) is 11.3. The third kappa shape index (κ3) is 3.90. The molecular weight excluding hydrogens is 192 g/mol. The Morgan fingerprint density at radius 3 is 2.40 bits per heavy atom. The fourth-order valence-corrected chi connectivity index (χ4v) is 1.72. The maximum atomic E-state index is 10.7. The molecule has 0 aromatic carbocycles. The van der Waals surface area contributed by atoms with Crippen LogP contribution in [0, 0.1) is 18.3 Å². The predicted molar refractivity (Wildman–Crippen MR) is 58.5 cm³/mol. The molecule has 4 nitrogen and oxygen atoms in total. The molecule has 0 bridgehead atoms. The van der Waals surface area contributed by atoms with Crippen molar-refractivity contribution >= 4 is 5.97 Å². The average molecular weight is 210 g/mol. The van der Waals surface area contributed by atoms with Crippen molar-refractivity contribution in [1.82, 2.24) is 9.80 Å². The Morgan fingerprint density at radius 1 is 1.40 bits per heavy atom. The highest BCUT2D eigenvalue weighted by Crippen LogP contribution is 2.05. The molecule has 0 aromatic rings. The summed E-state index contributed by atoms with van der Waals surface area (Å²) < 4.78 is 0. The van der Waals surface area contributed by atoms with E-state index >= 15 is 0 Å². The number of hydrogen-bond acceptors (Lipinski definition) is 3. The number of terminal acetylenes is 1. The van der Waals surface area contributed by atoms with Gasteiger partial charge >= 0.3 is 5.97 Å². The van der Waals surface area contributed by atoms with Gasteiger partial charge in [-0.15, -0.1) is 6.42 Å². The number of hydrogen-bond donors (Lipinski definition) is 1. The number of piperazine rings is 1. The van der Waals surface area contributed by atoms with Gasteiger partial charge < -0.3 is 5.11 Å². The highest BCUT2D eigenvalue weighted by atomic mass is 16.4. The molecule has 15 heavy (non-hydrogen) atoms. The number of aliphatic carboxylic acids is 1. The lowest BCUT2D eigenvalue weighted by Gasteiger charge is -2.34. The van der Waals surface area contributed by atoms with Crippen LogP contribution in [0.5, 0.6) is 0 Å². The second-order valence-electron chi connectivity index (χ2n) is 4.02. The van der Waals surface area contributed by atoms with E-state index in [-0.39, 0.29) is 5.92 Å². The van der Waals surface area contributed by atoms with E-state index in [2.05, 4.69) is 15.7 Å². The normalized spacial score (nSPS) is 20.8. The molecule has 84 valence electrons. The van der Waals surface area contributed by atoms with Gasteiger partial charge in [0.15, 0.2) is 0 Å². The summed E-state index contributed by atoms with van der Waals surface area (Å²) in [6, 6.07) is 0. The van der Waals surface area contributed by atoms with Crippen LogP contribution in [0.2, 0.25) is 0 Å². The first kappa shape index (κ1) is 12.0. The minimum atomic E-state index is -0.721. The molecule has 1 N–H and O–H groups in total. The predicted octanol–water partition coefficient (Wildman–Crippen LogP) is -0.0421. The van der Waals surface area contributed by atoms with E-state index in [0.717, 1.165) is 26.2 Å². The van der Waals surface area contributed by atoms with Crippen LogP contribution in [0.1, 0.15) is 6.92 Å². The van der Waals surface area contributed by atoms with Crippen LogP contribution < -0.4 is 0 Å². The van der Waals surface area contributed by atoms with Crippen LogP contribution in [0.25, 0.3) is 0 Å². The molecule has 4 heteroatoms. The molecule has 0 saturated carbocycles. The van der Waals surface area contributed by atoms with E-state index in [4.69, 9.17) is 11.5 Å². The molecule has 1 rings (SSSR count). The Labute approximate surface area is 90.9 Å². The summed E-state index contributed by atoms with van der Waals surface area (Å²) in [5.74, 6) is 1.62. The average Bonchev–Trinajstić information content (AvgIpc) is 2.21. The summed E-state index contributed by atoms with van der Waals surface area (Å²) in [4.78, 5) is 15.1. The van der Waals surface area contributed by atoms with Crippen LogP contribution in [-0.2, 0) is 4.79 Å². The van der Waals surface area contributed by atoms with Gasteiger partial charge in [-0.3, -0.25) is 14.6 Å². The molecular formula is C11H18N2O2. The monoisotopic (exact) mass is 210 g/mol. The van der Waals surface area contributed by atoms with Crippen molar-refractivity contribution in [3.63, 3.8) is 0 Å². The van der Waals surface area contributed by atoms with Crippen LogP contribution >= 0.6 is 0 Å². The first-order chi connectivity index (χ1) is 7.13. The largest absolute Gasteiger partial charge is 0.481 e. The van der Waals surface area contributed by atoms with E-state index < -0.39 is 5.97 Å². The molecule has 0 radical (unpaired) electrons. The first-order valence-electron chi connectivity index (χ1n) is 5.24. The Kier molecular flexibility index (Phi) is 4.60. The minimum absolute atomic E-state index is 0.288.